The van der Waals surface area contributed by atoms with E-state index in [0.29, 0.717) is 0 Å². The van der Waals surface area contributed by atoms with Crippen LogP contribution in [0.15, 0.2) is 0 Å². The molecular weight excluding hydrogens is 164 g/mol. The summed E-state index contributed by atoms with van der Waals surface area (Å²) in [4.78, 5) is 0. The van der Waals surface area contributed by atoms with E-state index in [-0.39, 0.29) is 5.41 Å². The van der Waals surface area contributed by atoms with E-state index >= 15 is 0 Å². The maximum Gasteiger partial charge on any atom is 0.0466 e. The first-order valence-corrected chi connectivity index (χ1v) is 5.13. The summed E-state index contributed by atoms with van der Waals surface area (Å²) in [6, 6.07) is 0. The lowest BCUT2D eigenvalue weighted by Crippen LogP contribution is -2.34. The predicted molar refractivity (Wildman–Crippen MR) is 56.3 cm³/mol. The molecule has 0 heterocycles. The van der Waals surface area contributed by atoms with Gasteiger partial charge in [-0.2, -0.15) is 0 Å². The van der Waals surface area contributed by atoms with E-state index in [0.717, 1.165) is 39.0 Å². The Morgan fingerprint density at radius 3 is 2.54 bits per heavy atom. The van der Waals surface area contributed by atoms with Gasteiger partial charge in [0.1, 0.15) is 0 Å². The quantitative estimate of drug-likeness (QED) is 0.346. The molecule has 13 heavy (non-hydrogen) atoms. The molecule has 80 valence electrons. The van der Waals surface area contributed by atoms with Gasteiger partial charge in [0.15, 0.2) is 0 Å². The van der Waals surface area contributed by atoms with E-state index < -0.39 is 0 Å². The second kappa shape index (κ2) is 7.30. The summed E-state index contributed by atoms with van der Waals surface area (Å²) in [7, 11) is 0. The van der Waals surface area contributed by atoms with Gasteiger partial charge in [0.2, 0.25) is 0 Å². The highest BCUT2D eigenvalue weighted by molar-refractivity contribution is 4.69. The molecule has 0 radical (unpaired) electrons. The molecular formula is C10H24N2O. The Labute approximate surface area is 82.0 Å². The third-order valence-electron chi connectivity index (χ3n) is 2.07. The van der Waals surface area contributed by atoms with Crippen LogP contribution in [0.4, 0.5) is 0 Å². The highest BCUT2D eigenvalue weighted by Crippen LogP contribution is 2.20. The molecule has 3 N–H and O–H groups in total. The van der Waals surface area contributed by atoms with Crippen molar-refractivity contribution in [2.75, 3.05) is 19.8 Å². The second-order valence-corrected chi connectivity index (χ2v) is 4.26. The molecule has 0 unspecified atom stereocenters. The van der Waals surface area contributed by atoms with Gasteiger partial charge in [-0.1, -0.05) is 20.8 Å². The predicted octanol–water partition coefficient (Wildman–Crippen LogP) is 1.68. The van der Waals surface area contributed by atoms with E-state index in [4.69, 9.17) is 10.6 Å². The van der Waals surface area contributed by atoms with Crippen molar-refractivity contribution in [3.63, 3.8) is 0 Å². The van der Waals surface area contributed by atoms with Crippen LogP contribution in [0.5, 0.6) is 0 Å². The number of nitrogens with one attached hydrogen (secondary N) is 1. The van der Waals surface area contributed by atoms with Crippen molar-refractivity contribution in [1.82, 2.24) is 5.43 Å². The third kappa shape index (κ3) is 8.22. The third-order valence-corrected chi connectivity index (χ3v) is 2.07. The van der Waals surface area contributed by atoms with Crippen LogP contribution >= 0.6 is 0 Å². The zero-order chi connectivity index (χ0) is 10.2. The lowest BCUT2D eigenvalue weighted by Gasteiger charge is -2.23. The van der Waals surface area contributed by atoms with Crippen molar-refractivity contribution < 1.29 is 4.74 Å². The van der Waals surface area contributed by atoms with E-state index in [1.165, 1.54) is 0 Å². The van der Waals surface area contributed by atoms with E-state index in [2.05, 4.69) is 26.2 Å². The van der Waals surface area contributed by atoms with Crippen LogP contribution in [0.1, 0.15) is 40.0 Å². The Hall–Kier alpha value is -0.120. The Morgan fingerprint density at radius 2 is 2.00 bits per heavy atom. The normalized spacial score (nSPS) is 12.0. The fourth-order valence-electron chi connectivity index (χ4n) is 1.26. The van der Waals surface area contributed by atoms with Gasteiger partial charge in [-0.15, -0.1) is 0 Å². The van der Waals surface area contributed by atoms with Crippen molar-refractivity contribution in [2.24, 2.45) is 11.3 Å². The van der Waals surface area contributed by atoms with Crippen LogP contribution in [-0.2, 0) is 4.74 Å². The van der Waals surface area contributed by atoms with Crippen LogP contribution in [0.3, 0.4) is 0 Å². The summed E-state index contributed by atoms with van der Waals surface area (Å²) >= 11 is 0. The molecule has 0 bridgehead atoms. The van der Waals surface area contributed by atoms with Crippen molar-refractivity contribution >= 4 is 0 Å². The van der Waals surface area contributed by atoms with Gasteiger partial charge < -0.3 is 4.74 Å². The minimum absolute atomic E-state index is 0.282. The number of hydrogen-bond donors (Lipinski definition) is 2. The van der Waals surface area contributed by atoms with E-state index in [1.54, 1.807) is 0 Å². The van der Waals surface area contributed by atoms with Crippen molar-refractivity contribution in [3.05, 3.63) is 0 Å². The van der Waals surface area contributed by atoms with Gasteiger partial charge in [0.05, 0.1) is 0 Å². The Kier molecular flexibility index (Phi) is 7.23. The van der Waals surface area contributed by atoms with Gasteiger partial charge in [0.25, 0.3) is 0 Å². The molecule has 0 aromatic carbocycles. The maximum absolute atomic E-state index is 5.40. The molecule has 0 amide bonds. The fraction of sp³-hybridized carbons (Fsp3) is 1.00. The zero-order valence-corrected chi connectivity index (χ0v) is 9.23. The molecule has 0 aliphatic carbocycles. The topological polar surface area (TPSA) is 47.3 Å². The second-order valence-electron chi connectivity index (χ2n) is 4.26. The first-order chi connectivity index (χ1) is 6.12. The van der Waals surface area contributed by atoms with Crippen LogP contribution < -0.4 is 11.3 Å². The largest absolute Gasteiger partial charge is 0.381 e. The highest BCUT2D eigenvalue weighted by Gasteiger charge is 2.15. The van der Waals surface area contributed by atoms with Crippen LogP contribution in [0.2, 0.25) is 0 Å². The highest BCUT2D eigenvalue weighted by atomic mass is 16.5. The lowest BCUT2D eigenvalue weighted by atomic mass is 9.88. The fourth-order valence-corrected chi connectivity index (χ4v) is 1.26. The van der Waals surface area contributed by atoms with Gasteiger partial charge >= 0.3 is 0 Å². The summed E-state index contributed by atoms with van der Waals surface area (Å²) in [6.07, 6.45) is 3.38. The molecule has 3 heteroatoms. The Morgan fingerprint density at radius 1 is 1.31 bits per heavy atom. The molecule has 0 saturated heterocycles. The Bertz CT molecular complexity index is 115. The molecule has 0 spiro atoms. The standard InChI is InChI=1S/C10H24N2O/c1-4-7-13-8-5-6-10(2,3)9-12-11/h12H,4-9,11H2,1-3H3. The number of hydrogen-bond acceptors (Lipinski definition) is 3. The summed E-state index contributed by atoms with van der Waals surface area (Å²) in [5.74, 6) is 5.29. The average molecular weight is 188 g/mol. The Balaban J connectivity index is 3.29. The average Bonchev–Trinajstić information content (AvgIpc) is 2.04. The summed E-state index contributed by atoms with van der Waals surface area (Å²) in [5, 5.41) is 0. The van der Waals surface area contributed by atoms with Crippen LogP contribution in [0.25, 0.3) is 0 Å². The summed E-state index contributed by atoms with van der Waals surface area (Å²) < 4.78 is 5.40. The van der Waals surface area contributed by atoms with Gasteiger partial charge in [-0.25, -0.2) is 0 Å². The van der Waals surface area contributed by atoms with E-state index in [9.17, 15) is 0 Å². The van der Waals surface area contributed by atoms with Gasteiger partial charge in [0, 0.05) is 19.8 Å². The van der Waals surface area contributed by atoms with Gasteiger partial charge in [-0.3, -0.25) is 11.3 Å². The molecule has 0 saturated carbocycles. The molecule has 0 atom stereocenters. The molecule has 0 aromatic rings. The molecule has 0 rings (SSSR count). The molecule has 0 aliphatic rings. The van der Waals surface area contributed by atoms with Crippen molar-refractivity contribution in [2.45, 2.75) is 40.0 Å². The monoisotopic (exact) mass is 188 g/mol. The summed E-state index contributed by atoms with van der Waals surface area (Å²) in [5.41, 5.74) is 3.00. The number of rotatable bonds is 8. The van der Waals surface area contributed by atoms with Crippen LogP contribution in [0, 0.1) is 5.41 Å². The minimum Gasteiger partial charge on any atom is -0.381 e. The van der Waals surface area contributed by atoms with Crippen molar-refractivity contribution in [3.8, 4) is 0 Å². The first-order valence-electron chi connectivity index (χ1n) is 5.13. The summed E-state index contributed by atoms with van der Waals surface area (Å²) in [6.45, 7) is 9.18. The minimum atomic E-state index is 0.282. The molecule has 0 aliphatic heterocycles. The number of ether oxygens (including phenoxy) is 1. The number of hydrazine groups is 1. The van der Waals surface area contributed by atoms with Gasteiger partial charge in [-0.05, 0) is 24.7 Å². The molecule has 3 nitrogen and oxygen atoms in total. The SMILES string of the molecule is CCCOCCCC(C)(C)CNN. The smallest absolute Gasteiger partial charge is 0.0466 e. The first kappa shape index (κ1) is 12.9. The molecule has 0 fully saturated rings. The maximum atomic E-state index is 5.40. The van der Waals surface area contributed by atoms with Crippen LogP contribution in [-0.4, -0.2) is 19.8 Å². The molecule has 0 aromatic heterocycles. The lowest BCUT2D eigenvalue weighted by molar-refractivity contribution is 0.121. The van der Waals surface area contributed by atoms with E-state index in [1.807, 2.05) is 0 Å². The number of nitrogens with two attached hydrogens (primary N) is 1. The zero-order valence-electron chi connectivity index (χ0n) is 9.23. The van der Waals surface area contributed by atoms with Crippen molar-refractivity contribution in [1.29, 1.82) is 0 Å².